The lowest BCUT2D eigenvalue weighted by atomic mass is 9.70. The minimum Gasteiger partial charge on any atom is -0.465 e. The highest BCUT2D eigenvalue weighted by molar-refractivity contribution is 6.01. The Bertz CT molecular complexity index is 975. The largest absolute Gasteiger partial charge is 0.465 e. The van der Waals surface area contributed by atoms with Crippen LogP contribution in [0.2, 0.25) is 0 Å². The summed E-state index contributed by atoms with van der Waals surface area (Å²) in [4.78, 5) is 25.6. The Hall–Kier alpha value is -3.08. The van der Waals surface area contributed by atoms with Crippen LogP contribution in [0.4, 0.5) is 0 Å². The molecule has 0 unspecified atom stereocenters. The Morgan fingerprint density at radius 2 is 2.14 bits per heavy atom. The van der Waals surface area contributed by atoms with E-state index in [9.17, 15) is 14.9 Å². The third kappa shape index (κ3) is 2.97. The number of hydrogen-bond donors (Lipinski definition) is 1. The number of esters is 1. The molecule has 2 heterocycles. The Morgan fingerprint density at radius 1 is 1.46 bits per heavy atom. The molecule has 0 saturated carbocycles. The Balaban J connectivity index is 2.33. The van der Waals surface area contributed by atoms with E-state index in [1.807, 2.05) is 20.8 Å². The molecule has 1 aliphatic carbocycles. The highest BCUT2D eigenvalue weighted by Gasteiger charge is 2.45. The van der Waals surface area contributed by atoms with Gasteiger partial charge in [-0.25, -0.2) is 4.79 Å². The highest BCUT2D eigenvalue weighted by Crippen LogP contribution is 2.48. The number of aromatic nitrogens is 2. The number of hydrogen-bond acceptors (Lipinski definition) is 7. The van der Waals surface area contributed by atoms with E-state index in [1.165, 1.54) is 7.11 Å². The molecule has 0 aromatic carbocycles. The van der Waals surface area contributed by atoms with Gasteiger partial charge in [0.25, 0.3) is 0 Å². The summed E-state index contributed by atoms with van der Waals surface area (Å²) in [5.74, 6) is -1.09. The number of ketones is 1. The van der Waals surface area contributed by atoms with Crippen LogP contribution in [0.5, 0.6) is 0 Å². The number of rotatable bonds is 3. The molecular weight excluding hydrogens is 360 g/mol. The zero-order valence-electron chi connectivity index (χ0n) is 16.8. The predicted octanol–water partition coefficient (Wildman–Crippen LogP) is 2.45. The fourth-order valence-corrected chi connectivity index (χ4v) is 4.05. The highest BCUT2D eigenvalue weighted by atomic mass is 16.5. The predicted molar refractivity (Wildman–Crippen MR) is 99.7 cm³/mol. The minimum atomic E-state index is -0.812. The van der Waals surface area contributed by atoms with Crippen molar-refractivity contribution in [1.29, 1.82) is 5.26 Å². The fraction of sp³-hybridized carbons (Fsp3) is 0.500. The van der Waals surface area contributed by atoms with Crippen LogP contribution in [0, 0.1) is 23.7 Å². The minimum absolute atomic E-state index is 0.0472. The average molecular weight is 384 g/mol. The third-order valence-corrected chi connectivity index (χ3v) is 5.20. The summed E-state index contributed by atoms with van der Waals surface area (Å²) in [5.41, 5.74) is 7.42. The van der Waals surface area contributed by atoms with Crippen molar-refractivity contribution in [2.75, 3.05) is 7.11 Å². The molecule has 0 saturated heterocycles. The molecule has 0 bridgehead atoms. The Labute approximate surface area is 163 Å². The number of aryl methyl sites for hydroxylation is 2. The zero-order valence-corrected chi connectivity index (χ0v) is 16.8. The van der Waals surface area contributed by atoms with Crippen LogP contribution >= 0.6 is 0 Å². The number of Topliss-reactive ketones (excluding diaryl/α,β-unsaturated/α-hetero) is 1. The molecule has 28 heavy (non-hydrogen) atoms. The quantitative estimate of drug-likeness (QED) is 0.795. The van der Waals surface area contributed by atoms with Gasteiger partial charge in [0, 0.05) is 25.0 Å². The molecule has 2 aliphatic rings. The van der Waals surface area contributed by atoms with Crippen LogP contribution < -0.4 is 5.73 Å². The molecule has 148 valence electrons. The summed E-state index contributed by atoms with van der Waals surface area (Å²) in [6, 6.07) is 2.07. The Morgan fingerprint density at radius 3 is 2.71 bits per heavy atom. The standard InChI is InChI=1S/C20H24N4O4/c1-6-24-17(14(10(2)23-24)19(26)27-5)15-11(9-21)18(22)28-13-8-20(3,4)7-12(25)16(13)15/h15H,6-8,22H2,1-5H3/t15-/m0/s1. The molecule has 2 N–H and O–H groups in total. The van der Waals surface area contributed by atoms with E-state index in [0.29, 0.717) is 42.1 Å². The van der Waals surface area contributed by atoms with E-state index < -0.39 is 11.9 Å². The molecule has 0 amide bonds. The van der Waals surface area contributed by atoms with E-state index >= 15 is 0 Å². The van der Waals surface area contributed by atoms with Crippen LogP contribution in [-0.4, -0.2) is 28.6 Å². The van der Waals surface area contributed by atoms with Gasteiger partial charge in [-0.15, -0.1) is 0 Å². The smallest absolute Gasteiger partial charge is 0.341 e. The monoisotopic (exact) mass is 384 g/mol. The number of nitriles is 1. The molecule has 1 atom stereocenters. The number of carbonyl (C=O) groups excluding carboxylic acids is 2. The molecule has 1 aromatic rings. The average Bonchev–Trinajstić information content (AvgIpc) is 2.94. The maximum absolute atomic E-state index is 13.1. The first-order chi connectivity index (χ1) is 13.1. The van der Waals surface area contributed by atoms with Gasteiger partial charge in [0.1, 0.15) is 23.0 Å². The van der Waals surface area contributed by atoms with Gasteiger partial charge in [0.05, 0.1) is 24.4 Å². The molecule has 1 aromatic heterocycles. The van der Waals surface area contributed by atoms with Gasteiger partial charge in [0.2, 0.25) is 5.88 Å². The lowest BCUT2D eigenvalue weighted by Gasteiger charge is -2.37. The van der Waals surface area contributed by atoms with Crippen LogP contribution in [0.3, 0.4) is 0 Å². The van der Waals surface area contributed by atoms with E-state index in [4.69, 9.17) is 15.2 Å². The normalized spacial score (nSPS) is 21.1. The molecular formula is C20H24N4O4. The topological polar surface area (TPSA) is 120 Å². The van der Waals surface area contributed by atoms with Gasteiger partial charge < -0.3 is 15.2 Å². The second-order valence-electron chi connectivity index (χ2n) is 7.86. The summed E-state index contributed by atoms with van der Waals surface area (Å²) in [6.07, 6.45) is 0.827. The molecule has 8 heteroatoms. The molecule has 0 fully saturated rings. The van der Waals surface area contributed by atoms with E-state index in [1.54, 1.807) is 11.6 Å². The molecule has 8 nitrogen and oxygen atoms in total. The van der Waals surface area contributed by atoms with Crippen LogP contribution in [-0.2, 0) is 20.8 Å². The zero-order chi connectivity index (χ0) is 20.8. The molecule has 3 rings (SSSR count). The third-order valence-electron chi connectivity index (χ3n) is 5.20. The van der Waals surface area contributed by atoms with Gasteiger partial charge in [-0.2, -0.15) is 10.4 Å². The Kier molecular flexibility index (Phi) is 4.79. The fourth-order valence-electron chi connectivity index (χ4n) is 4.05. The first kappa shape index (κ1) is 19.7. The molecule has 0 spiro atoms. The van der Waals surface area contributed by atoms with Gasteiger partial charge >= 0.3 is 5.97 Å². The van der Waals surface area contributed by atoms with Crippen molar-refractivity contribution < 1.29 is 19.1 Å². The SMILES string of the molecule is CCn1nc(C)c(C(=O)OC)c1[C@H]1C(C#N)=C(N)OC2=C1C(=O)CC(C)(C)C2. The molecule has 0 radical (unpaired) electrons. The summed E-state index contributed by atoms with van der Waals surface area (Å²) in [5, 5.41) is 14.2. The van der Waals surface area contributed by atoms with Crippen molar-refractivity contribution in [1.82, 2.24) is 9.78 Å². The van der Waals surface area contributed by atoms with Crippen molar-refractivity contribution in [3.05, 3.63) is 39.7 Å². The summed E-state index contributed by atoms with van der Waals surface area (Å²) in [7, 11) is 1.28. The maximum Gasteiger partial charge on any atom is 0.341 e. The number of ether oxygens (including phenoxy) is 2. The second-order valence-corrected chi connectivity index (χ2v) is 7.86. The van der Waals surface area contributed by atoms with Gasteiger partial charge in [-0.1, -0.05) is 13.8 Å². The summed E-state index contributed by atoms with van der Waals surface area (Å²) >= 11 is 0. The van der Waals surface area contributed by atoms with E-state index in [0.717, 1.165) is 0 Å². The van der Waals surface area contributed by atoms with Gasteiger partial charge in [-0.05, 0) is 19.3 Å². The summed E-state index contributed by atoms with van der Waals surface area (Å²) < 4.78 is 12.3. The second kappa shape index (κ2) is 6.82. The van der Waals surface area contributed by atoms with Crippen molar-refractivity contribution in [3.8, 4) is 6.07 Å². The lowest BCUT2D eigenvalue weighted by Crippen LogP contribution is -2.34. The first-order valence-corrected chi connectivity index (χ1v) is 9.14. The molecule has 1 aliphatic heterocycles. The van der Waals surface area contributed by atoms with Gasteiger partial charge in [-0.3, -0.25) is 9.48 Å². The van der Waals surface area contributed by atoms with Crippen LogP contribution in [0.15, 0.2) is 22.8 Å². The lowest BCUT2D eigenvalue weighted by molar-refractivity contribution is -0.119. The maximum atomic E-state index is 13.1. The number of nitrogens with zero attached hydrogens (tertiary/aromatic N) is 3. The van der Waals surface area contributed by atoms with Crippen molar-refractivity contribution in [2.24, 2.45) is 11.1 Å². The van der Waals surface area contributed by atoms with E-state index in [-0.39, 0.29) is 28.2 Å². The van der Waals surface area contributed by atoms with Crippen molar-refractivity contribution >= 4 is 11.8 Å². The first-order valence-electron chi connectivity index (χ1n) is 9.14. The van der Waals surface area contributed by atoms with Gasteiger partial charge in [0.15, 0.2) is 5.78 Å². The van der Waals surface area contributed by atoms with Crippen molar-refractivity contribution in [3.63, 3.8) is 0 Å². The number of methoxy groups -OCH3 is 1. The number of allylic oxidation sites excluding steroid dienone is 3. The number of carbonyl (C=O) groups is 2. The van der Waals surface area contributed by atoms with Crippen LogP contribution in [0.25, 0.3) is 0 Å². The summed E-state index contributed by atoms with van der Waals surface area (Å²) in [6.45, 7) is 7.98. The van der Waals surface area contributed by atoms with Crippen molar-refractivity contribution in [2.45, 2.75) is 53.0 Å². The van der Waals surface area contributed by atoms with E-state index in [2.05, 4.69) is 11.2 Å². The number of nitrogens with two attached hydrogens (primary N) is 1. The van der Waals surface area contributed by atoms with Crippen LogP contribution in [0.1, 0.15) is 61.3 Å².